The van der Waals surface area contributed by atoms with Crippen molar-refractivity contribution in [1.82, 2.24) is 0 Å². The Morgan fingerprint density at radius 1 is 0.276 bits per heavy atom. The molecule has 1 aliphatic rings. The van der Waals surface area contributed by atoms with E-state index in [1.54, 1.807) is 0 Å². The predicted octanol–water partition coefficient (Wildman–Crippen LogP) is 17.1. The second-order valence-electron chi connectivity index (χ2n) is 21.5. The van der Waals surface area contributed by atoms with Crippen LogP contribution in [0.1, 0.15) is 105 Å². The fourth-order valence-electron chi connectivity index (χ4n) is 9.85. The van der Waals surface area contributed by atoms with Crippen LogP contribution in [0.2, 0.25) is 0 Å². The summed E-state index contributed by atoms with van der Waals surface area (Å²) in [5, 5.41) is 13.4. The predicted molar refractivity (Wildman–Crippen MR) is 255 cm³/mol. The number of hydrogen-bond acceptors (Lipinski definition) is 0. The Balaban J connectivity index is 1.41. The first-order valence-electron chi connectivity index (χ1n) is 21.3. The van der Waals surface area contributed by atoms with Crippen LogP contribution in [0.15, 0.2) is 121 Å². The Morgan fingerprint density at radius 3 is 1.16 bits per heavy atom. The van der Waals surface area contributed by atoms with Crippen molar-refractivity contribution < 1.29 is 0 Å². The van der Waals surface area contributed by atoms with E-state index in [-0.39, 0.29) is 21.7 Å². The molecule has 0 spiro atoms. The first kappa shape index (κ1) is 36.9. The highest BCUT2D eigenvalue weighted by molar-refractivity contribution is 6.33. The average molecular weight is 753 g/mol. The monoisotopic (exact) mass is 752 g/mol. The smallest absolute Gasteiger partial charge is 0.00137 e. The molecule has 58 heavy (non-hydrogen) atoms. The van der Waals surface area contributed by atoms with Gasteiger partial charge in [-0.15, -0.1) is 0 Å². The minimum Gasteiger partial charge on any atom is -0.0616 e. The lowest BCUT2D eigenvalue weighted by Crippen LogP contribution is -2.16. The normalized spacial score (nSPS) is 13.5. The summed E-state index contributed by atoms with van der Waals surface area (Å²) in [6, 6.07) is 47.9. The van der Waals surface area contributed by atoms with E-state index in [1.807, 2.05) is 0 Å². The molecule has 0 heterocycles. The van der Waals surface area contributed by atoms with Crippen LogP contribution in [-0.4, -0.2) is 0 Å². The van der Waals surface area contributed by atoms with E-state index < -0.39 is 0 Å². The Labute approximate surface area is 345 Å². The zero-order valence-corrected chi connectivity index (χ0v) is 36.5. The van der Waals surface area contributed by atoms with E-state index in [4.69, 9.17) is 0 Å². The van der Waals surface area contributed by atoms with Crippen molar-refractivity contribution in [3.05, 3.63) is 144 Å². The van der Waals surface area contributed by atoms with Gasteiger partial charge in [0.25, 0.3) is 0 Å². The second-order valence-corrected chi connectivity index (χ2v) is 21.5. The van der Waals surface area contributed by atoms with Gasteiger partial charge in [0.15, 0.2) is 0 Å². The zero-order valence-electron chi connectivity index (χ0n) is 36.5. The van der Waals surface area contributed by atoms with Gasteiger partial charge in [-0.05, 0) is 160 Å². The number of benzene rings is 9. The molecule has 0 bridgehead atoms. The van der Waals surface area contributed by atoms with Gasteiger partial charge in [-0.3, -0.25) is 0 Å². The summed E-state index contributed by atoms with van der Waals surface area (Å²) < 4.78 is 0. The molecule has 0 N–H and O–H groups in total. The van der Waals surface area contributed by atoms with Crippen LogP contribution in [0.5, 0.6) is 0 Å². The first-order valence-corrected chi connectivity index (χ1v) is 21.3. The molecule has 0 nitrogen and oxygen atoms in total. The van der Waals surface area contributed by atoms with E-state index in [2.05, 4.69) is 204 Å². The third-order valence-corrected chi connectivity index (χ3v) is 13.3. The van der Waals surface area contributed by atoms with Crippen molar-refractivity contribution >= 4 is 53.9 Å². The molecule has 0 unspecified atom stereocenters. The van der Waals surface area contributed by atoms with Gasteiger partial charge >= 0.3 is 0 Å². The molecule has 0 heteroatoms. The van der Waals surface area contributed by atoms with Crippen molar-refractivity contribution in [2.45, 2.75) is 105 Å². The average Bonchev–Trinajstić information content (AvgIpc) is 3.47. The van der Waals surface area contributed by atoms with Crippen LogP contribution in [0.3, 0.4) is 0 Å². The van der Waals surface area contributed by atoms with Crippen molar-refractivity contribution in [2.24, 2.45) is 0 Å². The number of fused-ring (bicyclic) bond motifs is 5. The molecule has 0 atom stereocenters. The quantitative estimate of drug-likeness (QED) is 0.122. The summed E-state index contributed by atoms with van der Waals surface area (Å²) in [4.78, 5) is 0. The summed E-state index contributed by atoms with van der Waals surface area (Å²) in [5.74, 6) is 0. The van der Waals surface area contributed by atoms with Gasteiger partial charge in [0.2, 0.25) is 0 Å². The third kappa shape index (κ3) is 5.55. The SMILES string of the molecule is CC(C)(C)c1cc(-c2c3ccccc3c(-c3cc(C(C)(C)C)cc(C(C)(C)C)c3)c3cc4c(cc23)-c2ccc3ccc5cccc6cc-4c2c3c56)cc(C(C)(C)C)c1. The van der Waals surface area contributed by atoms with Crippen LogP contribution in [0.25, 0.3) is 98.4 Å². The Kier molecular flexibility index (Phi) is 7.65. The highest BCUT2D eigenvalue weighted by atomic mass is 14.3. The van der Waals surface area contributed by atoms with Crippen LogP contribution in [0, 0.1) is 0 Å². The molecule has 0 aliphatic heterocycles. The largest absolute Gasteiger partial charge is 0.0616 e. The summed E-state index contributed by atoms with van der Waals surface area (Å²) in [5.41, 5.74) is 16.1. The molecule has 0 saturated carbocycles. The maximum Gasteiger partial charge on any atom is -0.00137 e. The fraction of sp³-hybridized carbons (Fsp3) is 0.276. The van der Waals surface area contributed by atoms with E-state index >= 15 is 0 Å². The van der Waals surface area contributed by atoms with Crippen LogP contribution in [-0.2, 0) is 21.7 Å². The summed E-state index contributed by atoms with van der Waals surface area (Å²) >= 11 is 0. The minimum atomic E-state index is -0.00606. The highest BCUT2D eigenvalue weighted by Gasteiger charge is 2.30. The van der Waals surface area contributed by atoms with E-state index in [0.717, 1.165) is 0 Å². The third-order valence-electron chi connectivity index (χ3n) is 13.3. The maximum absolute atomic E-state index is 2.58. The van der Waals surface area contributed by atoms with Crippen molar-refractivity contribution in [3.8, 4) is 44.5 Å². The maximum atomic E-state index is 2.58. The van der Waals surface area contributed by atoms with E-state index in [9.17, 15) is 0 Å². The number of hydrogen-bond donors (Lipinski definition) is 0. The molecule has 1 aliphatic carbocycles. The van der Waals surface area contributed by atoms with Gasteiger partial charge < -0.3 is 0 Å². The molecule has 9 aromatic carbocycles. The van der Waals surface area contributed by atoms with Crippen molar-refractivity contribution in [1.29, 1.82) is 0 Å². The van der Waals surface area contributed by atoms with Crippen molar-refractivity contribution in [2.75, 3.05) is 0 Å². The molecule has 0 aromatic heterocycles. The van der Waals surface area contributed by atoms with Gasteiger partial charge in [-0.25, -0.2) is 0 Å². The van der Waals surface area contributed by atoms with Crippen LogP contribution >= 0.6 is 0 Å². The lowest BCUT2D eigenvalue weighted by Gasteiger charge is -2.28. The van der Waals surface area contributed by atoms with Crippen LogP contribution < -0.4 is 0 Å². The van der Waals surface area contributed by atoms with Gasteiger partial charge in [0, 0.05) is 0 Å². The Bertz CT molecular complexity index is 3110. The molecule has 10 rings (SSSR count). The standard InChI is InChI=1S/C58H56/c1-55(2,3)38-24-36(25-39(29-38)56(4,5)6)51-42-18-13-14-19-43(42)52(37-26-40(57(7,8)9)30-41(27-37)58(10,11)12)49-32-46-45(31-48(49)51)44-23-22-34-21-20-33-16-15-17-35-28-47(46)54(44)53(34)50(33)35/h13-32H,1-12H3. The molecular formula is C58H56. The van der Waals surface area contributed by atoms with Gasteiger partial charge in [0.05, 0.1) is 0 Å². The summed E-state index contributed by atoms with van der Waals surface area (Å²) in [6.07, 6.45) is 0. The van der Waals surface area contributed by atoms with Gasteiger partial charge in [-0.2, -0.15) is 0 Å². The van der Waals surface area contributed by atoms with E-state index in [1.165, 1.54) is 121 Å². The fourth-order valence-corrected chi connectivity index (χ4v) is 9.85. The molecule has 0 radical (unpaired) electrons. The lowest BCUT2D eigenvalue weighted by molar-refractivity contribution is 0.568. The lowest BCUT2D eigenvalue weighted by atomic mass is 9.76. The molecule has 0 saturated heterocycles. The number of rotatable bonds is 2. The topological polar surface area (TPSA) is 0 Å². The van der Waals surface area contributed by atoms with Crippen molar-refractivity contribution in [3.63, 3.8) is 0 Å². The first-order chi connectivity index (χ1) is 27.3. The molecule has 9 aromatic rings. The highest BCUT2D eigenvalue weighted by Crippen LogP contribution is 2.55. The summed E-state index contributed by atoms with van der Waals surface area (Å²) in [7, 11) is 0. The zero-order chi connectivity index (χ0) is 40.8. The van der Waals surface area contributed by atoms with Gasteiger partial charge in [-0.1, -0.05) is 186 Å². The Hall–Kier alpha value is -5.46. The molecular weight excluding hydrogens is 697 g/mol. The van der Waals surface area contributed by atoms with Crippen LogP contribution in [0.4, 0.5) is 0 Å². The molecule has 288 valence electrons. The molecule has 0 amide bonds. The molecule has 0 fully saturated rings. The second kappa shape index (κ2) is 12.0. The van der Waals surface area contributed by atoms with Gasteiger partial charge in [0.1, 0.15) is 0 Å². The van der Waals surface area contributed by atoms with E-state index in [0.29, 0.717) is 0 Å². The minimum absolute atomic E-state index is 0.00512. The summed E-state index contributed by atoms with van der Waals surface area (Å²) in [6.45, 7) is 28.2. The Morgan fingerprint density at radius 2 is 0.690 bits per heavy atom.